The van der Waals surface area contributed by atoms with Gasteiger partial charge in [0.1, 0.15) is 0 Å². The van der Waals surface area contributed by atoms with Crippen molar-refractivity contribution >= 4 is 6.03 Å². The first-order valence-corrected chi connectivity index (χ1v) is 8.40. The summed E-state index contributed by atoms with van der Waals surface area (Å²) in [5, 5.41) is 15.9. The van der Waals surface area contributed by atoms with Crippen LogP contribution in [0.4, 0.5) is 4.79 Å². The fraction of sp³-hybridized carbons (Fsp3) is 0.611. The summed E-state index contributed by atoms with van der Waals surface area (Å²) in [4.78, 5) is 14.2. The van der Waals surface area contributed by atoms with Gasteiger partial charge in [-0.2, -0.15) is 0 Å². The van der Waals surface area contributed by atoms with Gasteiger partial charge in [0.15, 0.2) is 0 Å². The molecule has 2 atom stereocenters. The number of aliphatic hydroxyl groups is 1. The monoisotopic (exact) mass is 319 g/mol. The van der Waals surface area contributed by atoms with Gasteiger partial charge in [-0.3, -0.25) is 0 Å². The van der Waals surface area contributed by atoms with Gasteiger partial charge in [0.2, 0.25) is 0 Å². The van der Waals surface area contributed by atoms with Gasteiger partial charge in [-0.05, 0) is 51.8 Å². The van der Waals surface area contributed by atoms with Gasteiger partial charge in [-0.25, -0.2) is 4.79 Å². The lowest BCUT2D eigenvalue weighted by molar-refractivity contribution is 0.171. The third-order valence-corrected chi connectivity index (χ3v) is 4.36. The number of urea groups is 1. The highest BCUT2D eigenvalue weighted by Crippen LogP contribution is 2.16. The fourth-order valence-electron chi connectivity index (χ4n) is 3.25. The van der Waals surface area contributed by atoms with E-state index in [0.717, 1.165) is 36.2 Å². The molecule has 0 aromatic heterocycles. The predicted molar refractivity (Wildman–Crippen MR) is 92.5 cm³/mol. The van der Waals surface area contributed by atoms with E-state index in [9.17, 15) is 9.90 Å². The number of hydrogen-bond donors (Lipinski definition) is 3. The Morgan fingerprint density at radius 2 is 2.00 bits per heavy atom. The van der Waals surface area contributed by atoms with E-state index in [0.29, 0.717) is 12.5 Å². The van der Waals surface area contributed by atoms with Crippen molar-refractivity contribution in [2.45, 2.75) is 32.8 Å². The Bertz CT molecular complexity index is 513. The largest absolute Gasteiger partial charge is 0.387 e. The van der Waals surface area contributed by atoms with Crippen LogP contribution in [0.1, 0.15) is 35.6 Å². The lowest BCUT2D eigenvalue weighted by Gasteiger charge is -2.29. The molecular weight excluding hydrogens is 290 g/mol. The number of benzene rings is 1. The molecule has 5 nitrogen and oxygen atoms in total. The van der Waals surface area contributed by atoms with Gasteiger partial charge >= 0.3 is 6.03 Å². The molecular formula is C18H29N3O2. The Kier molecular flexibility index (Phi) is 6.42. The first kappa shape index (κ1) is 17.8. The molecule has 3 N–H and O–H groups in total. The average Bonchev–Trinajstić information content (AvgIpc) is 2.49. The molecule has 0 radical (unpaired) electrons. The zero-order valence-electron chi connectivity index (χ0n) is 14.4. The molecule has 1 aromatic carbocycles. The Morgan fingerprint density at radius 1 is 1.30 bits per heavy atom. The van der Waals surface area contributed by atoms with E-state index < -0.39 is 6.10 Å². The van der Waals surface area contributed by atoms with Crippen molar-refractivity contribution in [2.24, 2.45) is 5.92 Å². The average molecular weight is 319 g/mol. The molecule has 1 saturated heterocycles. The molecule has 0 aliphatic carbocycles. The third kappa shape index (κ3) is 5.84. The van der Waals surface area contributed by atoms with E-state index >= 15 is 0 Å². The number of aliphatic hydroxyl groups excluding tert-OH is 1. The third-order valence-electron chi connectivity index (χ3n) is 4.36. The van der Waals surface area contributed by atoms with Crippen LogP contribution in [0.15, 0.2) is 18.2 Å². The number of rotatable bonds is 5. The maximum absolute atomic E-state index is 11.9. The first-order chi connectivity index (χ1) is 10.9. The molecule has 0 saturated carbocycles. The Hall–Kier alpha value is -1.59. The first-order valence-electron chi connectivity index (χ1n) is 8.40. The zero-order valence-corrected chi connectivity index (χ0v) is 14.4. The van der Waals surface area contributed by atoms with Gasteiger partial charge in [-0.15, -0.1) is 0 Å². The number of aryl methyl sites for hydroxylation is 2. The number of carbonyl (C=O) groups is 1. The van der Waals surface area contributed by atoms with Crippen LogP contribution in [-0.2, 0) is 0 Å². The van der Waals surface area contributed by atoms with E-state index in [1.807, 2.05) is 26.0 Å². The minimum Gasteiger partial charge on any atom is -0.387 e. The highest BCUT2D eigenvalue weighted by Gasteiger charge is 2.18. The maximum Gasteiger partial charge on any atom is 0.314 e. The Morgan fingerprint density at radius 3 is 2.65 bits per heavy atom. The number of hydrogen-bond acceptors (Lipinski definition) is 3. The lowest BCUT2D eigenvalue weighted by atomic mass is 9.99. The topological polar surface area (TPSA) is 64.6 Å². The molecule has 5 heteroatoms. The van der Waals surface area contributed by atoms with E-state index in [2.05, 4.69) is 28.6 Å². The number of amides is 2. The van der Waals surface area contributed by atoms with Crippen LogP contribution >= 0.6 is 0 Å². The molecule has 2 amide bonds. The van der Waals surface area contributed by atoms with E-state index in [-0.39, 0.29) is 12.6 Å². The fourth-order valence-corrected chi connectivity index (χ4v) is 3.25. The smallest absolute Gasteiger partial charge is 0.314 e. The normalized spacial score (nSPS) is 20.1. The zero-order chi connectivity index (χ0) is 16.8. The van der Waals surface area contributed by atoms with Crippen LogP contribution in [0.5, 0.6) is 0 Å². The van der Waals surface area contributed by atoms with Gasteiger partial charge in [0.05, 0.1) is 6.10 Å². The molecule has 23 heavy (non-hydrogen) atoms. The summed E-state index contributed by atoms with van der Waals surface area (Å²) in [6, 6.07) is 5.77. The van der Waals surface area contributed by atoms with Crippen molar-refractivity contribution in [3.05, 3.63) is 34.9 Å². The molecule has 1 aromatic rings. The second-order valence-electron chi connectivity index (χ2n) is 6.80. The van der Waals surface area contributed by atoms with Crippen molar-refractivity contribution < 1.29 is 9.90 Å². The second kappa shape index (κ2) is 8.31. The summed E-state index contributed by atoms with van der Waals surface area (Å²) < 4.78 is 0. The van der Waals surface area contributed by atoms with Crippen LogP contribution in [0.2, 0.25) is 0 Å². The van der Waals surface area contributed by atoms with Crippen LogP contribution < -0.4 is 10.6 Å². The minimum atomic E-state index is -0.680. The number of likely N-dealkylation sites (tertiary alicyclic amines) is 1. The highest BCUT2D eigenvalue weighted by atomic mass is 16.3. The van der Waals surface area contributed by atoms with Crippen molar-refractivity contribution in [2.75, 3.05) is 33.2 Å². The van der Waals surface area contributed by atoms with Crippen LogP contribution in [0, 0.1) is 19.8 Å². The standard InChI is InChI=1S/C18H29N3O2/c1-13-7-14(2)9-16(8-13)17(22)11-20-18(23)19-10-15-5-4-6-21(3)12-15/h7-9,15,17,22H,4-6,10-12H2,1-3H3,(H2,19,20,23)/t15-,17-/m0/s1. The molecule has 0 unspecified atom stereocenters. The van der Waals surface area contributed by atoms with E-state index in [1.165, 1.54) is 6.42 Å². The Labute approximate surface area is 139 Å². The van der Waals surface area contributed by atoms with E-state index in [1.54, 1.807) is 0 Å². The predicted octanol–water partition coefficient (Wildman–Crippen LogP) is 1.98. The summed E-state index contributed by atoms with van der Waals surface area (Å²) in [7, 11) is 2.12. The number of nitrogens with zero attached hydrogens (tertiary/aromatic N) is 1. The molecule has 1 aliphatic heterocycles. The lowest BCUT2D eigenvalue weighted by Crippen LogP contribution is -2.43. The summed E-state index contributed by atoms with van der Waals surface area (Å²) in [6.45, 7) is 7.10. The molecule has 2 rings (SSSR count). The molecule has 128 valence electrons. The molecule has 0 bridgehead atoms. The van der Waals surface area contributed by atoms with Crippen LogP contribution in [0.3, 0.4) is 0 Å². The van der Waals surface area contributed by atoms with Gasteiger partial charge < -0.3 is 20.6 Å². The highest BCUT2D eigenvalue weighted by molar-refractivity contribution is 5.73. The number of piperidine rings is 1. The van der Waals surface area contributed by atoms with Crippen molar-refractivity contribution in [3.8, 4) is 0 Å². The SMILES string of the molecule is Cc1cc(C)cc([C@@H](O)CNC(=O)NC[C@@H]2CCCN(C)C2)c1. The second-order valence-corrected chi connectivity index (χ2v) is 6.80. The molecule has 0 spiro atoms. The summed E-state index contributed by atoms with van der Waals surface area (Å²) >= 11 is 0. The van der Waals surface area contributed by atoms with Crippen molar-refractivity contribution in [1.29, 1.82) is 0 Å². The van der Waals surface area contributed by atoms with Crippen LogP contribution in [0.25, 0.3) is 0 Å². The maximum atomic E-state index is 11.9. The molecule has 1 heterocycles. The Balaban J connectivity index is 1.73. The quantitative estimate of drug-likeness (QED) is 0.777. The van der Waals surface area contributed by atoms with Crippen molar-refractivity contribution in [1.82, 2.24) is 15.5 Å². The summed E-state index contributed by atoms with van der Waals surface area (Å²) in [5.74, 6) is 0.517. The summed E-state index contributed by atoms with van der Waals surface area (Å²) in [5.41, 5.74) is 3.08. The molecule has 1 aliphatic rings. The molecule has 1 fully saturated rings. The van der Waals surface area contributed by atoms with Gasteiger partial charge in [0, 0.05) is 19.6 Å². The minimum absolute atomic E-state index is 0.207. The van der Waals surface area contributed by atoms with Gasteiger partial charge in [-0.1, -0.05) is 29.3 Å². The summed E-state index contributed by atoms with van der Waals surface area (Å²) in [6.07, 6.45) is 1.67. The van der Waals surface area contributed by atoms with E-state index in [4.69, 9.17) is 0 Å². The number of nitrogens with one attached hydrogen (secondary N) is 2. The van der Waals surface area contributed by atoms with Crippen molar-refractivity contribution in [3.63, 3.8) is 0 Å². The number of carbonyl (C=O) groups excluding carboxylic acids is 1. The van der Waals surface area contributed by atoms with Crippen LogP contribution in [-0.4, -0.2) is 49.3 Å². The van der Waals surface area contributed by atoms with Gasteiger partial charge in [0.25, 0.3) is 0 Å².